The summed E-state index contributed by atoms with van der Waals surface area (Å²) in [5.41, 5.74) is 0.999. The number of nitrogens with one attached hydrogen (secondary N) is 1. The van der Waals surface area contributed by atoms with Gasteiger partial charge in [-0.3, -0.25) is 4.79 Å². The number of benzene rings is 1. The first-order valence-electron chi connectivity index (χ1n) is 6.21. The minimum absolute atomic E-state index is 0.0149. The van der Waals surface area contributed by atoms with Gasteiger partial charge in [0.25, 0.3) is 0 Å². The molecule has 2 aromatic heterocycles. The Labute approximate surface area is 119 Å². The van der Waals surface area contributed by atoms with Gasteiger partial charge in [-0.25, -0.2) is 0 Å². The van der Waals surface area contributed by atoms with E-state index in [1.54, 1.807) is 4.52 Å². The maximum absolute atomic E-state index is 11.8. The minimum atomic E-state index is -0.0149. The number of rotatable bonds is 4. The molecule has 0 saturated carbocycles. The van der Waals surface area contributed by atoms with Crippen LogP contribution in [0.15, 0.2) is 30.3 Å². The summed E-state index contributed by atoms with van der Waals surface area (Å²) >= 11 is 1.43. The maximum atomic E-state index is 11.8. The van der Waals surface area contributed by atoms with Gasteiger partial charge in [0.2, 0.25) is 10.9 Å². The first-order valence-corrected chi connectivity index (χ1v) is 7.02. The van der Waals surface area contributed by atoms with Crippen molar-refractivity contribution in [3.8, 4) is 0 Å². The van der Waals surface area contributed by atoms with Gasteiger partial charge in [-0.2, -0.15) is 9.61 Å². The van der Waals surface area contributed by atoms with Crippen LogP contribution in [0, 0.1) is 6.92 Å². The van der Waals surface area contributed by atoms with Crippen molar-refractivity contribution in [2.45, 2.75) is 19.9 Å². The third-order valence-corrected chi connectivity index (χ3v) is 3.73. The quantitative estimate of drug-likeness (QED) is 0.786. The largest absolute Gasteiger partial charge is 0.349 e. The van der Waals surface area contributed by atoms with Crippen molar-refractivity contribution < 1.29 is 4.79 Å². The molecule has 0 saturated heterocycles. The van der Waals surface area contributed by atoms with Crippen molar-refractivity contribution in [3.63, 3.8) is 0 Å². The van der Waals surface area contributed by atoms with Gasteiger partial charge in [0.05, 0.1) is 13.0 Å². The summed E-state index contributed by atoms with van der Waals surface area (Å²) in [6, 6.07) is 9.66. The molecule has 102 valence electrons. The van der Waals surface area contributed by atoms with Crippen LogP contribution in [0.1, 0.15) is 16.4 Å². The summed E-state index contributed by atoms with van der Waals surface area (Å²) in [5, 5.41) is 15.9. The number of aromatic nitrogens is 4. The fourth-order valence-corrected chi connectivity index (χ4v) is 2.66. The van der Waals surface area contributed by atoms with Crippen molar-refractivity contribution in [1.29, 1.82) is 0 Å². The highest BCUT2D eigenvalue weighted by Gasteiger charge is 2.09. The van der Waals surface area contributed by atoms with E-state index in [0.717, 1.165) is 21.4 Å². The van der Waals surface area contributed by atoms with Gasteiger partial charge in [0, 0.05) is 0 Å². The minimum Gasteiger partial charge on any atom is -0.349 e. The fourth-order valence-electron chi connectivity index (χ4n) is 1.84. The molecule has 0 spiro atoms. The molecule has 0 unspecified atom stereocenters. The SMILES string of the molecule is Cc1nnc2sc(CNC(=O)Cc3ccccc3)nn12. The second-order valence-corrected chi connectivity index (χ2v) is 5.42. The molecule has 6 nitrogen and oxygen atoms in total. The third-order valence-electron chi connectivity index (χ3n) is 2.83. The zero-order chi connectivity index (χ0) is 13.9. The Hall–Kier alpha value is -2.28. The zero-order valence-corrected chi connectivity index (χ0v) is 11.7. The molecule has 0 radical (unpaired) electrons. The Morgan fingerprint density at radius 2 is 2.10 bits per heavy atom. The smallest absolute Gasteiger partial charge is 0.234 e. The van der Waals surface area contributed by atoms with E-state index in [4.69, 9.17) is 0 Å². The number of nitrogens with zero attached hydrogens (tertiary/aromatic N) is 4. The van der Waals surface area contributed by atoms with Gasteiger partial charge in [0.1, 0.15) is 5.01 Å². The van der Waals surface area contributed by atoms with Crippen LogP contribution in [0.25, 0.3) is 4.96 Å². The van der Waals surface area contributed by atoms with Gasteiger partial charge in [-0.05, 0) is 12.5 Å². The monoisotopic (exact) mass is 287 g/mol. The molecule has 1 N–H and O–H groups in total. The summed E-state index contributed by atoms with van der Waals surface area (Å²) in [7, 11) is 0. The zero-order valence-electron chi connectivity index (χ0n) is 10.9. The second-order valence-electron chi connectivity index (χ2n) is 4.38. The van der Waals surface area contributed by atoms with Crippen LogP contribution in [0.4, 0.5) is 0 Å². The van der Waals surface area contributed by atoms with Gasteiger partial charge in [0.15, 0.2) is 5.82 Å². The van der Waals surface area contributed by atoms with Crippen molar-refractivity contribution >= 4 is 22.2 Å². The van der Waals surface area contributed by atoms with Crippen LogP contribution < -0.4 is 5.32 Å². The highest BCUT2D eigenvalue weighted by atomic mass is 32.1. The first-order chi connectivity index (χ1) is 9.72. The second kappa shape index (κ2) is 5.38. The molecule has 0 atom stereocenters. The van der Waals surface area contributed by atoms with Crippen LogP contribution in [0.2, 0.25) is 0 Å². The average molecular weight is 287 g/mol. The van der Waals surface area contributed by atoms with Crippen LogP contribution in [0.5, 0.6) is 0 Å². The number of carbonyl (C=O) groups excluding carboxylic acids is 1. The fraction of sp³-hybridized carbons (Fsp3) is 0.231. The summed E-state index contributed by atoms with van der Waals surface area (Å²) in [5.74, 6) is 0.733. The van der Waals surface area contributed by atoms with Crippen molar-refractivity contribution in [1.82, 2.24) is 25.1 Å². The van der Waals surface area contributed by atoms with E-state index in [1.807, 2.05) is 37.3 Å². The molecule has 0 aliphatic rings. The molecule has 2 heterocycles. The van der Waals surface area contributed by atoms with E-state index in [0.29, 0.717) is 13.0 Å². The van der Waals surface area contributed by atoms with Gasteiger partial charge in [-0.15, -0.1) is 10.2 Å². The van der Waals surface area contributed by atoms with E-state index in [-0.39, 0.29) is 5.91 Å². The number of hydrogen-bond acceptors (Lipinski definition) is 5. The molecule has 7 heteroatoms. The van der Waals surface area contributed by atoms with Crippen molar-refractivity contribution in [3.05, 3.63) is 46.7 Å². The van der Waals surface area contributed by atoms with E-state index in [2.05, 4.69) is 20.6 Å². The van der Waals surface area contributed by atoms with Gasteiger partial charge >= 0.3 is 0 Å². The van der Waals surface area contributed by atoms with Crippen LogP contribution in [-0.4, -0.2) is 25.7 Å². The lowest BCUT2D eigenvalue weighted by atomic mass is 10.1. The highest BCUT2D eigenvalue weighted by molar-refractivity contribution is 7.16. The molecule has 0 aliphatic carbocycles. The molecule has 0 fully saturated rings. The summed E-state index contributed by atoms with van der Waals surface area (Å²) in [4.78, 5) is 12.6. The predicted molar refractivity (Wildman–Crippen MR) is 75.4 cm³/mol. The van der Waals surface area contributed by atoms with Crippen LogP contribution in [-0.2, 0) is 17.8 Å². The molecule has 3 rings (SSSR count). The first kappa shape index (κ1) is 12.7. The molecule has 20 heavy (non-hydrogen) atoms. The number of hydrogen-bond donors (Lipinski definition) is 1. The van der Waals surface area contributed by atoms with Gasteiger partial charge < -0.3 is 5.32 Å². The molecule has 3 aromatic rings. The summed E-state index contributed by atoms with van der Waals surface area (Å²) in [6.45, 7) is 2.26. The lowest BCUT2D eigenvalue weighted by Gasteiger charge is -2.02. The Morgan fingerprint density at radius 3 is 2.85 bits per heavy atom. The Kier molecular flexibility index (Phi) is 3.42. The Balaban J connectivity index is 1.60. The van der Waals surface area contributed by atoms with E-state index in [9.17, 15) is 4.79 Å². The number of fused-ring (bicyclic) bond motifs is 1. The van der Waals surface area contributed by atoms with E-state index in [1.165, 1.54) is 11.3 Å². The predicted octanol–water partition coefficient (Wildman–Crippen LogP) is 1.35. The third kappa shape index (κ3) is 2.67. The molecule has 0 aliphatic heterocycles. The number of carbonyl (C=O) groups is 1. The highest BCUT2D eigenvalue weighted by Crippen LogP contribution is 2.13. The number of amides is 1. The maximum Gasteiger partial charge on any atom is 0.234 e. The van der Waals surface area contributed by atoms with E-state index < -0.39 is 0 Å². The molecule has 1 amide bonds. The Bertz CT molecular complexity index is 734. The lowest BCUT2D eigenvalue weighted by Crippen LogP contribution is -2.24. The molecule has 0 bridgehead atoms. The average Bonchev–Trinajstić information content (AvgIpc) is 3.00. The standard InChI is InChI=1S/C13H13N5OS/c1-9-15-16-13-18(9)17-12(20-13)8-14-11(19)7-10-5-3-2-4-6-10/h2-6H,7-8H2,1H3,(H,14,19). The van der Waals surface area contributed by atoms with Gasteiger partial charge in [-0.1, -0.05) is 41.7 Å². The summed E-state index contributed by atoms with van der Waals surface area (Å²) < 4.78 is 1.68. The normalized spacial score (nSPS) is 10.8. The van der Waals surface area contributed by atoms with Crippen molar-refractivity contribution in [2.24, 2.45) is 0 Å². The molecular weight excluding hydrogens is 274 g/mol. The number of aryl methyl sites for hydroxylation is 1. The van der Waals surface area contributed by atoms with E-state index >= 15 is 0 Å². The summed E-state index contributed by atoms with van der Waals surface area (Å²) in [6.07, 6.45) is 0.379. The Morgan fingerprint density at radius 1 is 1.30 bits per heavy atom. The molecular formula is C13H13N5OS. The molecule has 1 aromatic carbocycles. The lowest BCUT2D eigenvalue weighted by molar-refractivity contribution is -0.120. The van der Waals surface area contributed by atoms with Crippen LogP contribution in [0.3, 0.4) is 0 Å². The van der Waals surface area contributed by atoms with Crippen molar-refractivity contribution in [2.75, 3.05) is 0 Å². The topological polar surface area (TPSA) is 72.2 Å². The van der Waals surface area contributed by atoms with Crippen LogP contribution >= 0.6 is 11.3 Å².